The second kappa shape index (κ2) is 10.4. The van der Waals surface area contributed by atoms with Gasteiger partial charge in [0.25, 0.3) is 11.1 Å². The number of rotatable bonds is 7. The minimum absolute atomic E-state index is 0.186. The number of hydrogen-bond donors (Lipinski definition) is 2. The fourth-order valence-corrected chi connectivity index (χ4v) is 3.94. The molecule has 0 bridgehead atoms. The molecular weight excluding hydrogens is 432 g/mol. The van der Waals surface area contributed by atoms with Crippen LogP contribution in [0.2, 0.25) is 0 Å². The van der Waals surface area contributed by atoms with E-state index in [-0.39, 0.29) is 24.5 Å². The normalized spacial score (nSPS) is 21.9. The molecule has 8 nitrogen and oxygen atoms in total. The lowest BCUT2D eigenvalue weighted by molar-refractivity contribution is -0.164. The third-order valence-corrected chi connectivity index (χ3v) is 5.69. The largest absolute Gasteiger partial charge is 0.492 e. The molecule has 2 N–H and O–H groups in total. The van der Waals surface area contributed by atoms with Crippen molar-refractivity contribution in [3.63, 3.8) is 0 Å². The molecule has 2 aliphatic heterocycles. The van der Waals surface area contributed by atoms with Crippen LogP contribution in [0.4, 0.5) is 4.79 Å². The molecule has 2 heterocycles. The molecule has 2 fully saturated rings. The first-order chi connectivity index (χ1) is 15.6. The Morgan fingerprint density at radius 3 is 2.62 bits per heavy atom. The molecule has 2 saturated heterocycles. The summed E-state index contributed by atoms with van der Waals surface area (Å²) in [5.74, 6) is -0.220. The molecule has 0 saturated carbocycles. The lowest BCUT2D eigenvalue weighted by atomic mass is 10.1. The Labute approximate surface area is 189 Å². The Bertz CT molecular complexity index is 1010. The first kappa shape index (κ1) is 22.1. The van der Waals surface area contributed by atoms with Gasteiger partial charge in [0.05, 0.1) is 17.6 Å². The quantitative estimate of drug-likeness (QED) is 0.486. The van der Waals surface area contributed by atoms with Crippen LogP contribution >= 0.6 is 11.8 Å². The van der Waals surface area contributed by atoms with Crippen molar-refractivity contribution in [1.82, 2.24) is 10.6 Å². The summed E-state index contributed by atoms with van der Waals surface area (Å²) in [4.78, 5) is 35.8. The van der Waals surface area contributed by atoms with Crippen molar-refractivity contribution in [2.24, 2.45) is 0 Å². The number of amides is 2. The Hall–Kier alpha value is -3.14. The van der Waals surface area contributed by atoms with Gasteiger partial charge in [-0.1, -0.05) is 42.5 Å². The Balaban J connectivity index is 1.31. The fraction of sp³-hybridized carbons (Fsp3) is 0.261. The molecule has 166 valence electrons. The highest BCUT2D eigenvalue weighted by Gasteiger charge is 2.34. The Morgan fingerprint density at radius 2 is 1.91 bits per heavy atom. The lowest BCUT2D eigenvalue weighted by Crippen LogP contribution is -2.55. The molecule has 2 aromatic carbocycles. The SMILES string of the molecule is O=C1NC(=O)/C(=C/c2ccc(OC[C@H]3NCCO[C@H]3C(=O)OCc3ccccc3)cc2)S1. The van der Waals surface area contributed by atoms with E-state index in [0.29, 0.717) is 23.8 Å². The van der Waals surface area contributed by atoms with Gasteiger partial charge in [-0.05, 0) is 41.1 Å². The highest BCUT2D eigenvalue weighted by Crippen LogP contribution is 2.26. The Morgan fingerprint density at radius 1 is 1.12 bits per heavy atom. The van der Waals surface area contributed by atoms with Gasteiger partial charge in [-0.15, -0.1) is 0 Å². The zero-order chi connectivity index (χ0) is 22.3. The van der Waals surface area contributed by atoms with Crippen LogP contribution < -0.4 is 15.4 Å². The topological polar surface area (TPSA) is 103 Å². The van der Waals surface area contributed by atoms with E-state index in [1.807, 2.05) is 30.3 Å². The minimum Gasteiger partial charge on any atom is -0.492 e. The van der Waals surface area contributed by atoms with Gasteiger partial charge in [0.1, 0.15) is 19.0 Å². The number of morpholine rings is 1. The number of carbonyl (C=O) groups excluding carboxylic acids is 3. The second-order valence-corrected chi connectivity index (χ2v) is 8.19. The molecule has 2 amide bonds. The van der Waals surface area contributed by atoms with Crippen molar-refractivity contribution in [2.45, 2.75) is 18.8 Å². The van der Waals surface area contributed by atoms with Crippen molar-refractivity contribution in [1.29, 1.82) is 0 Å². The number of benzene rings is 2. The summed E-state index contributed by atoms with van der Waals surface area (Å²) in [5.41, 5.74) is 1.68. The molecule has 4 rings (SSSR count). The van der Waals surface area contributed by atoms with Crippen molar-refractivity contribution in [2.75, 3.05) is 19.8 Å². The predicted octanol–water partition coefficient (Wildman–Crippen LogP) is 2.49. The zero-order valence-electron chi connectivity index (χ0n) is 17.1. The predicted molar refractivity (Wildman–Crippen MR) is 119 cm³/mol. The Kier molecular flexibility index (Phi) is 7.21. The first-order valence-corrected chi connectivity index (χ1v) is 10.9. The van der Waals surface area contributed by atoms with Crippen molar-refractivity contribution < 1.29 is 28.6 Å². The third-order valence-electron chi connectivity index (χ3n) is 4.88. The van der Waals surface area contributed by atoms with E-state index in [0.717, 1.165) is 22.9 Å². The van der Waals surface area contributed by atoms with Crippen LogP contribution in [0.5, 0.6) is 5.75 Å². The van der Waals surface area contributed by atoms with E-state index in [9.17, 15) is 14.4 Å². The molecule has 0 radical (unpaired) electrons. The summed E-state index contributed by atoms with van der Waals surface area (Å²) in [6.45, 7) is 1.44. The van der Waals surface area contributed by atoms with E-state index in [1.165, 1.54) is 0 Å². The molecule has 0 aromatic heterocycles. The summed E-state index contributed by atoms with van der Waals surface area (Å²) in [5, 5.41) is 5.10. The van der Waals surface area contributed by atoms with Gasteiger partial charge >= 0.3 is 5.97 Å². The van der Waals surface area contributed by atoms with Crippen molar-refractivity contribution >= 4 is 35.0 Å². The maximum Gasteiger partial charge on any atom is 0.337 e. The number of imide groups is 1. The van der Waals surface area contributed by atoms with E-state index >= 15 is 0 Å². The van der Waals surface area contributed by atoms with Crippen LogP contribution in [0, 0.1) is 0 Å². The van der Waals surface area contributed by atoms with Gasteiger partial charge < -0.3 is 19.5 Å². The number of nitrogens with one attached hydrogen (secondary N) is 2. The van der Waals surface area contributed by atoms with Gasteiger partial charge in [-0.2, -0.15) is 0 Å². The maximum absolute atomic E-state index is 12.5. The molecule has 2 aromatic rings. The average Bonchev–Trinajstić information content (AvgIpc) is 3.14. The molecular formula is C23H22N2O6S. The molecule has 32 heavy (non-hydrogen) atoms. The molecule has 9 heteroatoms. The zero-order valence-corrected chi connectivity index (χ0v) is 17.9. The number of ether oxygens (including phenoxy) is 3. The van der Waals surface area contributed by atoms with Crippen LogP contribution in [-0.2, 0) is 25.7 Å². The summed E-state index contributed by atoms with van der Waals surface area (Å²) >= 11 is 0.871. The number of thioether (sulfide) groups is 1. The van der Waals surface area contributed by atoms with E-state index in [4.69, 9.17) is 14.2 Å². The van der Waals surface area contributed by atoms with Gasteiger partial charge in [-0.3, -0.25) is 14.9 Å². The summed E-state index contributed by atoms with van der Waals surface area (Å²) in [6, 6.07) is 16.2. The van der Waals surface area contributed by atoms with Crippen molar-refractivity contribution in [3.8, 4) is 5.75 Å². The summed E-state index contributed by atoms with van der Waals surface area (Å²) in [6.07, 6.45) is 0.885. The van der Waals surface area contributed by atoms with Crippen LogP contribution in [0.3, 0.4) is 0 Å². The van der Waals surface area contributed by atoms with Gasteiger partial charge in [0, 0.05) is 6.54 Å². The highest BCUT2D eigenvalue weighted by molar-refractivity contribution is 8.18. The summed E-state index contributed by atoms with van der Waals surface area (Å²) < 4.78 is 16.9. The molecule has 2 atom stereocenters. The molecule has 0 spiro atoms. The minimum atomic E-state index is -0.757. The standard InChI is InChI=1S/C23H22N2O6S/c26-21-19(32-23(28)25-21)12-15-6-8-17(9-7-15)30-14-18-20(29-11-10-24-18)22(27)31-13-16-4-2-1-3-5-16/h1-9,12,18,20,24H,10-11,13-14H2,(H,25,26,28)/b19-12-/t18-,20-/m1/s1. The molecule has 0 aliphatic carbocycles. The second-order valence-electron chi connectivity index (χ2n) is 7.18. The highest BCUT2D eigenvalue weighted by atomic mass is 32.2. The van der Waals surface area contributed by atoms with Gasteiger partial charge in [0.2, 0.25) is 0 Å². The van der Waals surface area contributed by atoms with E-state index in [2.05, 4.69) is 10.6 Å². The van der Waals surface area contributed by atoms with E-state index in [1.54, 1.807) is 30.3 Å². The smallest absolute Gasteiger partial charge is 0.337 e. The maximum atomic E-state index is 12.5. The first-order valence-electron chi connectivity index (χ1n) is 10.1. The van der Waals surface area contributed by atoms with Gasteiger partial charge in [-0.25, -0.2) is 4.79 Å². The van der Waals surface area contributed by atoms with Crippen molar-refractivity contribution in [3.05, 3.63) is 70.6 Å². The molecule has 0 unspecified atom stereocenters. The van der Waals surface area contributed by atoms with Crippen LogP contribution in [0.25, 0.3) is 6.08 Å². The molecule has 2 aliphatic rings. The summed E-state index contributed by atoms with van der Waals surface area (Å²) in [7, 11) is 0. The van der Waals surface area contributed by atoms with Crippen LogP contribution in [0.1, 0.15) is 11.1 Å². The number of hydrogen-bond acceptors (Lipinski definition) is 8. The number of carbonyl (C=O) groups is 3. The fourth-order valence-electron chi connectivity index (χ4n) is 3.26. The number of esters is 1. The monoisotopic (exact) mass is 454 g/mol. The lowest BCUT2D eigenvalue weighted by Gasteiger charge is -2.31. The van der Waals surface area contributed by atoms with E-state index < -0.39 is 18.0 Å². The average molecular weight is 455 g/mol. The van der Waals surface area contributed by atoms with Crippen LogP contribution in [-0.4, -0.2) is 49.0 Å². The van der Waals surface area contributed by atoms with Gasteiger partial charge in [0.15, 0.2) is 6.10 Å². The third kappa shape index (κ3) is 5.76. The van der Waals surface area contributed by atoms with Crippen LogP contribution in [0.15, 0.2) is 59.5 Å².